The molecule has 0 aliphatic carbocycles. The molecule has 4 nitrogen and oxygen atoms in total. The molecular weight excluding hydrogens is 176 g/mol. The minimum Gasteiger partial charge on any atom is -0.360 e. The molecule has 0 aromatic carbocycles. The van der Waals surface area contributed by atoms with Gasteiger partial charge in [-0.1, -0.05) is 0 Å². The van der Waals surface area contributed by atoms with Crippen LogP contribution < -0.4 is 10.2 Å². The first-order valence-electron chi connectivity index (χ1n) is 5.32. The normalized spacial score (nSPS) is 31.1. The van der Waals surface area contributed by atoms with E-state index in [-0.39, 0.29) is 0 Å². The molecule has 1 aromatic rings. The molecule has 2 fully saturated rings. The van der Waals surface area contributed by atoms with E-state index in [1.807, 2.05) is 17.9 Å². The number of nitrogens with one attached hydrogen (secondary N) is 1. The lowest BCUT2D eigenvalue weighted by Crippen LogP contribution is -2.51. The fraction of sp³-hybridized carbons (Fsp3) is 0.700. The average molecular weight is 192 g/mol. The predicted octanol–water partition coefficient (Wildman–Crippen LogP) is 0.361. The highest BCUT2D eigenvalue weighted by molar-refractivity contribution is 5.47. The SMILES string of the molecule is Cn1cc(N2C3CCC2CNC3)cn1. The number of hydrogen-bond donors (Lipinski definition) is 1. The van der Waals surface area contributed by atoms with E-state index in [1.165, 1.54) is 18.5 Å². The minimum atomic E-state index is 0.693. The van der Waals surface area contributed by atoms with E-state index >= 15 is 0 Å². The maximum Gasteiger partial charge on any atom is 0.0758 e. The van der Waals surface area contributed by atoms with E-state index < -0.39 is 0 Å². The van der Waals surface area contributed by atoms with E-state index in [9.17, 15) is 0 Å². The standard InChI is InChI=1S/C10H16N4/c1-13-7-10(6-12-13)14-8-2-3-9(14)5-11-4-8/h6-9,11H,2-5H2,1H3. The van der Waals surface area contributed by atoms with Gasteiger partial charge in [0.1, 0.15) is 0 Å². The lowest BCUT2D eigenvalue weighted by molar-refractivity contribution is 0.485. The summed E-state index contributed by atoms with van der Waals surface area (Å²) >= 11 is 0. The zero-order valence-corrected chi connectivity index (χ0v) is 8.48. The highest BCUT2D eigenvalue weighted by Crippen LogP contribution is 2.31. The fourth-order valence-electron chi connectivity index (χ4n) is 2.74. The predicted molar refractivity (Wildman–Crippen MR) is 55.4 cm³/mol. The van der Waals surface area contributed by atoms with Crippen LogP contribution in [0.15, 0.2) is 12.4 Å². The minimum absolute atomic E-state index is 0.693. The number of piperazine rings is 1. The summed E-state index contributed by atoms with van der Waals surface area (Å²) in [7, 11) is 1.98. The van der Waals surface area contributed by atoms with E-state index in [0.717, 1.165) is 13.1 Å². The molecule has 0 amide bonds. The van der Waals surface area contributed by atoms with E-state index in [2.05, 4.69) is 21.5 Å². The smallest absolute Gasteiger partial charge is 0.0758 e. The third kappa shape index (κ3) is 1.14. The summed E-state index contributed by atoms with van der Waals surface area (Å²) in [6.45, 7) is 2.26. The molecular formula is C10H16N4. The molecule has 76 valence electrons. The molecule has 3 heterocycles. The van der Waals surface area contributed by atoms with Crippen LogP contribution in [0, 0.1) is 0 Å². The molecule has 2 unspecified atom stereocenters. The molecule has 14 heavy (non-hydrogen) atoms. The first-order chi connectivity index (χ1) is 6.84. The number of fused-ring (bicyclic) bond motifs is 2. The average Bonchev–Trinajstić information content (AvgIpc) is 2.68. The van der Waals surface area contributed by atoms with Gasteiger partial charge < -0.3 is 10.2 Å². The molecule has 2 bridgehead atoms. The molecule has 2 saturated heterocycles. The van der Waals surface area contributed by atoms with Crippen LogP contribution in [-0.4, -0.2) is 35.0 Å². The summed E-state index contributed by atoms with van der Waals surface area (Å²) in [6.07, 6.45) is 6.76. The number of aromatic nitrogens is 2. The van der Waals surface area contributed by atoms with Gasteiger partial charge in [0.15, 0.2) is 0 Å². The van der Waals surface area contributed by atoms with Gasteiger partial charge in [-0.05, 0) is 12.8 Å². The van der Waals surface area contributed by atoms with Crippen molar-refractivity contribution in [2.24, 2.45) is 7.05 Å². The van der Waals surface area contributed by atoms with Crippen LogP contribution >= 0.6 is 0 Å². The maximum absolute atomic E-state index is 4.24. The number of hydrogen-bond acceptors (Lipinski definition) is 3. The van der Waals surface area contributed by atoms with Crippen LogP contribution in [0.4, 0.5) is 5.69 Å². The Morgan fingerprint density at radius 1 is 1.36 bits per heavy atom. The van der Waals surface area contributed by atoms with Crippen molar-refractivity contribution >= 4 is 5.69 Å². The van der Waals surface area contributed by atoms with Crippen LogP contribution in [0.1, 0.15) is 12.8 Å². The van der Waals surface area contributed by atoms with Crippen molar-refractivity contribution in [3.8, 4) is 0 Å². The number of nitrogens with zero attached hydrogens (tertiary/aromatic N) is 3. The quantitative estimate of drug-likeness (QED) is 0.697. The summed E-state index contributed by atoms with van der Waals surface area (Å²) in [5, 5.41) is 7.73. The molecule has 2 atom stereocenters. The summed E-state index contributed by atoms with van der Waals surface area (Å²) in [4.78, 5) is 2.55. The number of anilines is 1. The van der Waals surface area contributed by atoms with Gasteiger partial charge in [0.25, 0.3) is 0 Å². The van der Waals surface area contributed by atoms with Crippen LogP contribution in [0.5, 0.6) is 0 Å². The maximum atomic E-state index is 4.24. The third-order valence-electron chi connectivity index (χ3n) is 3.37. The molecule has 1 aromatic heterocycles. The Bertz CT molecular complexity index is 317. The first-order valence-corrected chi connectivity index (χ1v) is 5.32. The van der Waals surface area contributed by atoms with Crippen molar-refractivity contribution in [1.82, 2.24) is 15.1 Å². The van der Waals surface area contributed by atoms with Gasteiger partial charge in [0.05, 0.1) is 11.9 Å². The highest BCUT2D eigenvalue weighted by Gasteiger charge is 2.36. The van der Waals surface area contributed by atoms with Crippen molar-refractivity contribution in [3.63, 3.8) is 0 Å². The fourth-order valence-corrected chi connectivity index (χ4v) is 2.74. The second-order valence-corrected chi connectivity index (χ2v) is 4.32. The van der Waals surface area contributed by atoms with Crippen molar-refractivity contribution in [2.45, 2.75) is 24.9 Å². The Hall–Kier alpha value is -1.03. The lowest BCUT2D eigenvalue weighted by atomic mass is 10.2. The number of aryl methyl sites for hydroxylation is 1. The van der Waals surface area contributed by atoms with Crippen LogP contribution in [0.25, 0.3) is 0 Å². The summed E-state index contributed by atoms with van der Waals surface area (Å²) in [6, 6.07) is 1.39. The van der Waals surface area contributed by atoms with Gasteiger partial charge in [0, 0.05) is 38.4 Å². The van der Waals surface area contributed by atoms with Gasteiger partial charge in [-0.15, -0.1) is 0 Å². The first kappa shape index (κ1) is 8.29. The van der Waals surface area contributed by atoms with Gasteiger partial charge in [-0.2, -0.15) is 5.10 Å². The topological polar surface area (TPSA) is 33.1 Å². The van der Waals surface area contributed by atoms with Gasteiger partial charge in [0.2, 0.25) is 0 Å². The molecule has 2 aliphatic heterocycles. The zero-order chi connectivity index (χ0) is 9.54. The van der Waals surface area contributed by atoms with E-state index in [4.69, 9.17) is 0 Å². The lowest BCUT2D eigenvalue weighted by Gasteiger charge is -2.36. The molecule has 2 aliphatic rings. The molecule has 1 N–H and O–H groups in total. The van der Waals surface area contributed by atoms with Gasteiger partial charge >= 0.3 is 0 Å². The summed E-state index contributed by atoms with van der Waals surface area (Å²) in [5.41, 5.74) is 1.29. The van der Waals surface area contributed by atoms with E-state index in [1.54, 1.807) is 0 Å². The Labute approximate surface area is 83.9 Å². The number of rotatable bonds is 1. The monoisotopic (exact) mass is 192 g/mol. The van der Waals surface area contributed by atoms with Crippen LogP contribution in [0.3, 0.4) is 0 Å². The van der Waals surface area contributed by atoms with E-state index in [0.29, 0.717) is 12.1 Å². The molecule has 0 radical (unpaired) electrons. The Kier molecular flexibility index (Phi) is 1.77. The Balaban J connectivity index is 1.91. The van der Waals surface area contributed by atoms with Crippen molar-refractivity contribution in [1.29, 1.82) is 0 Å². The largest absolute Gasteiger partial charge is 0.360 e. The summed E-state index contributed by atoms with van der Waals surface area (Å²) in [5.74, 6) is 0. The Morgan fingerprint density at radius 2 is 2.07 bits per heavy atom. The Morgan fingerprint density at radius 3 is 2.64 bits per heavy atom. The molecule has 0 saturated carbocycles. The molecule has 4 heteroatoms. The summed E-state index contributed by atoms with van der Waals surface area (Å²) < 4.78 is 1.89. The molecule has 0 spiro atoms. The van der Waals surface area contributed by atoms with Crippen molar-refractivity contribution in [2.75, 3.05) is 18.0 Å². The van der Waals surface area contributed by atoms with Crippen LogP contribution in [0.2, 0.25) is 0 Å². The second kappa shape index (κ2) is 2.98. The third-order valence-corrected chi connectivity index (χ3v) is 3.37. The zero-order valence-electron chi connectivity index (χ0n) is 8.48. The van der Waals surface area contributed by atoms with Crippen molar-refractivity contribution in [3.05, 3.63) is 12.4 Å². The van der Waals surface area contributed by atoms with Gasteiger partial charge in [-0.25, -0.2) is 0 Å². The van der Waals surface area contributed by atoms with Crippen LogP contribution in [-0.2, 0) is 7.05 Å². The van der Waals surface area contributed by atoms with Gasteiger partial charge in [-0.3, -0.25) is 4.68 Å². The highest BCUT2D eigenvalue weighted by atomic mass is 15.3. The van der Waals surface area contributed by atoms with Crippen molar-refractivity contribution < 1.29 is 0 Å². The second-order valence-electron chi connectivity index (χ2n) is 4.32. The molecule has 3 rings (SSSR count).